The van der Waals surface area contributed by atoms with Crippen LogP contribution in [0.25, 0.3) is 0 Å². The number of rotatable bonds is 4. The van der Waals surface area contributed by atoms with E-state index in [0.29, 0.717) is 11.3 Å². The van der Waals surface area contributed by atoms with E-state index < -0.39 is 23.7 Å². The van der Waals surface area contributed by atoms with Crippen molar-refractivity contribution < 1.29 is 24.2 Å². The molecule has 1 atom stereocenters. The minimum atomic E-state index is -1.30. The summed E-state index contributed by atoms with van der Waals surface area (Å²) >= 11 is 0. The lowest BCUT2D eigenvalue weighted by Crippen LogP contribution is -2.38. The number of methoxy groups -OCH3 is 1. The van der Waals surface area contributed by atoms with Crippen molar-refractivity contribution >= 4 is 12.1 Å². The molecule has 0 spiro atoms. The molecule has 8 nitrogen and oxygen atoms in total. The van der Waals surface area contributed by atoms with Crippen LogP contribution in [0.2, 0.25) is 0 Å². The van der Waals surface area contributed by atoms with E-state index in [9.17, 15) is 14.7 Å². The van der Waals surface area contributed by atoms with E-state index >= 15 is 0 Å². The molecule has 1 amide bonds. The van der Waals surface area contributed by atoms with E-state index in [0.717, 1.165) is 0 Å². The number of nitrogens with one attached hydrogen (secondary N) is 1. The molecule has 8 heteroatoms. The third-order valence-electron chi connectivity index (χ3n) is 2.60. The van der Waals surface area contributed by atoms with Crippen LogP contribution >= 0.6 is 0 Å². The van der Waals surface area contributed by atoms with Crippen molar-refractivity contribution in [3.63, 3.8) is 0 Å². The van der Waals surface area contributed by atoms with Crippen molar-refractivity contribution in [3.05, 3.63) is 11.3 Å². The molecule has 1 unspecified atom stereocenters. The Morgan fingerprint density at radius 1 is 1.38 bits per heavy atom. The Morgan fingerprint density at radius 3 is 2.38 bits per heavy atom. The van der Waals surface area contributed by atoms with E-state index in [-0.39, 0.29) is 5.88 Å². The van der Waals surface area contributed by atoms with Gasteiger partial charge in [0.15, 0.2) is 6.04 Å². The van der Waals surface area contributed by atoms with E-state index in [1.807, 2.05) is 0 Å². The highest BCUT2D eigenvalue weighted by Gasteiger charge is 2.32. The molecular weight excluding hydrogens is 278 g/mol. The Balaban J connectivity index is 3.09. The van der Waals surface area contributed by atoms with Gasteiger partial charge in [0.05, 0.1) is 18.4 Å². The maximum absolute atomic E-state index is 11.8. The second-order valence-electron chi connectivity index (χ2n) is 5.55. The highest BCUT2D eigenvalue weighted by Crippen LogP contribution is 2.28. The van der Waals surface area contributed by atoms with Crippen LogP contribution in [0, 0.1) is 6.92 Å². The van der Waals surface area contributed by atoms with Crippen molar-refractivity contribution in [2.75, 3.05) is 7.11 Å². The number of aryl methyl sites for hydroxylation is 2. The smallest absolute Gasteiger partial charge is 0.408 e. The minimum absolute atomic E-state index is 0.274. The van der Waals surface area contributed by atoms with Crippen LogP contribution in [0.1, 0.15) is 38.1 Å². The second kappa shape index (κ2) is 6.02. The number of aliphatic carboxylic acids is 1. The highest BCUT2D eigenvalue weighted by molar-refractivity contribution is 5.82. The van der Waals surface area contributed by atoms with Gasteiger partial charge in [-0.15, -0.1) is 0 Å². The third kappa shape index (κ3) is 4.11. The van der Waals surface area contributed by atoms with Gasteiger partial charge in [0.1, 0.15) is 5.60 Å². The van der Waals surface area contributed by atoms with Gasteiger partial charge < -0.3 is 19.9 Å². The third-order valence-corrected chi connectivity index (χ3v) is 2.60. The first-order chi connectivity index (χ1) is 9.56. The van der Waals surface area contributed by atoms with Crippen molar-refractivity contribution in [1.29, 1.82) is 0 Å². The summed E-state index contributed by atoms with van der Waals surface area (Å²) in [5.41, 5.74) is 0.0254. The fourth-order valence-electron chi connectivity index (χ4n) is 1.91. The first kappa shape index (κ1) is 16.8. The van der Waals surface area contributed by atoms with Crippen LogP contribution < -0.4 is 10.1 Å². The molecule has 118 valence electrons. The standard InChI is InChI=1S/C13H21N3O5/c1-7-8(10(20-6)16(5)15-7)9(11(17)18)14-12(19)21-13(2,3)4/h9H,1-6H3,(H,14,19)(H,17,18). The van der Waals surface area contributed by atoms with E-state index in [1.54, 1.807) is 34.7 Å². The van der Waals surface area contributed by atoms with Crippen LogP contribution in [-0.2, 0) is 16.6 Å². The number of carbonyl (C=O) groups is 2. The maximum atomic E-state index is 11.8. The van der Waals surface area contributed by atoms with Crippen LogP contribution in [0.5, 0.6) is 5.88 Å². The van der Waals surface area contributed by atoms with Gasteiger partial charge in [-0.3, -0.25) is 0 Å². The number of alkyl carbamates (subject to hydrolysis) is 1. The monoisotopic (exact) mass is 299 g/mol. The molecule has 0 aliphatic rings. The summed E-state index contributed by atoms with van der Waals surface area (Å²) in [6.07, 6.45) is -0.819. The molecule has 1 aromatic heterocycles. The molecule has 21 heavy (non-hydrogen) atoms. The zero-order valence-electron chi connectivity index (χ0n) is 13.1. The predicted octanol–water partition coefficient (Wildman–Crippen LogP) is 1.39. The van der Waals surface area contributed by atoms with Gasteiger partial charge in [-0.1, -0.05) is 0 Å². The number of hydrogen-bond donors (Lipinski definition) is 2. The average Bonchev–Trinajstić information content (AvgIpc) is 2.57. The number of hydrogen-bond acceptors (Lipinski definition) is 5. The van der Waals surface area contributed by atoms with Crippen molar-refractivity contribution in [3.8, 4) is 5.88 Å². The topological polar surface area (TPSA) is 103 Å². The van der Waals surface area contributed by atoms with Gasteiger partial charge in [0.25, 0.3) is 0 Å². The number of carboxylic acid groups (broad SMARTS) is 1. The Bertz CT molecular complexity index is 545. The van der Waals surface area contributed by atoms with Gasteiger partial charge in [0.2, 0.25) is 5.88 Å². The van der Waals surface area contributed by atoms with Gasteiger partial charge in [-0.05, 0) is 27.7 Å². The molecule has 2 N–H and O–H groups in total. The molecule has 1 heterocycles. The largest absolute Gasteiger partial charge is 0.481 e. The molecule has 0 aliphatic carbocycles. The Labute approximate surface area is 123 Å². The van der Waals surface area contributed by atoms with Crippen molar-refractivity contribution in [2.45, 2.75) is 39.3 Å². The number of amides is 1. The molecule has 1 rings (SSSR count). The van der Waals surface area contributed by atoms with Gasteiger partial charge in [0, 0.05) is 7.05 Å². The molecule has 0 bridgehead atoms. The number of carbonyl (C=O) groups excluding carboxylic acids is 1. The average molecular weight is 299 g/mol. The van der Waals surface area contributed by atoms with Gasteiger partial charge >= 0.3 is 12.1 Å². The number of nitrogens with zero attached hydrogens (tertiary/aromatic N) is 2. The summed E-state index contributed by atoms with van der Waals surface area (Å²) in [6, 6.07) is -1.30. The normalized spacial score (nSPS) is 12.7. The first-order valence-corrected chi connectivity index (χ1v) is 6.36. The van der Waals surface area contributed by atoms with Crippen LogP contribution in [0.15, 0.2) is 0 Å². The second-order valence-corrected chi connectivity index (χ2v) is 5.55. The quantitative estimate of drug-likeness (QED) is 0.871. The molecule has 0 saturated carbocycles. The SMILES string of the molecule is COc1c(C(NC(=O)OC(C)(C)C)C(=O)O)c(C)nn1C. The zero-order chi connectivity index (χ0) is 16.4. The van der Waals surface area contributed by atoms with Crippen LogP contribution in [0.3, 0.4) is 0 Å². The molecular formula is C13H21N3O5. The van der Waals surface area contributed by atoms with Gasteiger partial charge in [-0.25, -0.2) is 14.3 Å². The lowest BCUT2D eigenvalue weighted by Gasteiger charge is -2.22. The molecule has 0 saturated heterocycles. The van der Waals surface area contributed by atoms with E-state index in [2.05, 4.69) is 10.4 Å². The summed E-state index contributed by atoms with van der Waals surface area (Å²) in [4.78, 5) is 23.3. The molecule has 0 radical (unpaired) electrons. The lowest BCUT2D eigenvalue weighted by atomic mass is 10.1. The van der Waals surface area contributed by atoms with Crippen LogP contribution in [0.4, 0.5) is 4.79 Å². The number of carboxylic acids is 1. The highest BCUT2D eigenvalue weighted by atomic mass is 16.6. The number of ether oxygens (including phenoxy) is 2. The number of aromatic nitrogens is 2. The Kier molecular flexibility index (Phi) is 4.82. The van der Waals surface area contributed by atoms with Gasteiger partial charge in [-0.2, -0.15) is 5.10 Å². The molecule has 0 fully saturated rings. The van der Waals surface area contributed by atoms with Crippen molar-refractivity contribution in [1.82, 2.24) is 15.1 Å². The summed E-state index contributed by atoms with van der Waals surface area (Å²) in [5, 5.41) is 15.8. The summed E-state index contributed by atoms with van der Waals surface area (Å²) < 4.78 is 11.6. The molecule has 0 aliphatic heterocycles. The predicted molar refractivity (Wildman–Crippen MR) is 74.2 cm³/mol. The van der Waals surface area contributed by atoms with E-state index in [4.69, 9.17) is 9.47 Å². The lowest BCUT2D eigenvalue weighted by molar-refractivity contribution is -0.139. The molecule has 0 aromatic carbocycles. The van der Waals surface area contributed by atoms with Crippen LogP contribution in [-0.4, -0.2) is 39.7 Å². The van der Waals surface area contributed by atoms with Crippen molar-refractivity contribution in [2.24, 2.45) is 7.05 Å². The fraction of sp³-hybridized carbons (Fsp3) is 0.615. The summed E-state index contributed by atoms with van der Waals surface area (Å²) in [7, 11) is 3.04. The summed E-state index contributed by atoms with van der Waals surface area (Å²) in [6.45, 7) is 6.72. The first-order valence-electron chi connectivity index (χ1n) is 6.36. The minimum Gasteiger partial charge on any atom is -0.481 e. The Morgan fingerprint density at radius 2 is 1.95 bits per heavy atom. The molecule has 1 aromatic rings. The zero-order valence-corrected chi connectivity index (χ0v) is 13.1. The summed E-state index contributed by atoms with van der Waals surface area (Å²) in [5.74, 6) is -0.953. The maximum Gasteiger partial charge on any atom is 0.408 e. The fourth-order valence-corrected chi connectivity index (χ4v) is 1.91. The Hall–Kier alpha value is -2.25. The van der Waals surface area contributed by atoms with E-state index in [1.165, 1.54) is 11.8 Å².